The van der Waals surface area contributed by atoms with Crippen LogP contribution in [-0.4, -0.2) is 65.1 Å². The molecule has 0 radical (unpaired) electrons. The number of benzene rings is 1. The lowest BCUT2D eigenvalue weighted by atomic mass is 10.0. The first kappa shape index (κ1) is 20.7. The van der Waals surface area contributed by atoms with Gasteiger partial charge in [-0.05, 0) is 35.6 Å². The molecule has 0 unspecified atom stereocenters. The molecule has 1 aromatic carbocycles. The first-order valence-corrected chi connectivity index (χ1v) is 12.0. The zero-order valence-electron chi connectivity index (χ0n) is 15.8. The van der Waals surface area contributed by atoms with Gasteiger partial charge in [0.1, 0.15) is 24.3 Å². The highest BCUT2D eigenvalue weighted by Crippen LogP contribution is 2.32. The van der Waals surface area contributed by atoms with Crippen LogP contribution in [0, 0.1) is 11.6 Å². The fraction of sp³-hybridized carbons (Fsp3) is 0.412. The van der Waals surface area contributed by atoms with Gasteiger partial charge >= 0.3 is 6.09 Å². The molecule has 0 bridgehead atoms. The summed E-state index contributed by atoms with van der Waals surface area (Å²) in [7, 11) is -3.22. The number of aromatic nitrogens is 4. The second-order valence-electron chi connectivity index (χ2n) is 6.83. The van der Waals surface area contributed by atoms with Crippen LogP contribution in [0.1, 0.15) is 12.0 Å². The number of allylic oxidation sites excluding steroid dienone is 1. The molecule has 3 heterocycles. The summed E-state index contributed by atoms with van der Waals surface area (Å²) in [6.07, 6.45) is 1.81. The second-order valence-corrected chi connectivity index (χ2v) is 9.83. The third-order valence-electron chi connectivity index (χ3n) is 4.78. The summed E-state index contributed by atoms with van der Waals surface area (Å²) in [5.74, 6) is -2.14. The van der Waals surface area contributed by atoms with Crippen molar-refractivity contribution in [2.45, 2.75) is 24.2 Å². The number of tetrazole rings is 1. The third kappa shape index (κ3) is 4.17. The average Bonchev–Trinajstić information content (AvgIpc) is 3.28. The Morgan fingerprint density at radius 3 is 2.63 bits per heavy atom. The molecule has 2 aliphatic rings. The summed E-state index contributed by atoms with van der Waals surface area (Å²) in [6.45, 7) is 0.217. The lowest BCUT2D eigenvalue weighted by Gasteiger charge is -2.18. The number of hydrogen-bond donors (Lipinski definition) is 0. The predicted molar refractivity (Wildman–Crippen MR) is 105 cm³/mol. The molecule has 1 fully saturated rings. The van der Waals surface area contributed by atoms with E-state index in [1.807, 2.05) is 0 Å². The molecule has 160 valence electrons. The van der Waals surface area contributed by atoms with Crippen molar-refractivity contribution >= 4 is 39.0 Å². The molecule has 0 saturated carbocycles. The normalized spacial score (nSPS) is 20.9. The summed E-state index contributed by atoms with van der Waals surface area (Å²) >= 11 is 1.32. The number of hydrogen-bond acceptors (Lipinski definition) is 8. The molecule has 13 heteroatoms. The molecule has 0 spiro atoms. The Labute approximate surface area is 175 Å². The Morgan fingerprint density at radius 2 is 2.03 bits per heavy atom. The number of rotatable bonds is 5. The number of amides is 1. The van der Waals surface area contributed by atoms with E-state index in [1.54, 1.807) is 6.26 Å². The maximum atomic E-state index is 14.7. The molecule has 2 aliphatic heterocycles. The van der Waals surface area contributed by atoms with E-state index < -0.39 is 33.7 Å². The van der Waals surface area contributed by atoms with E-state index in [0.717, 1.165) is 17.0 Å². The minimum absolute atomic E-state index is 0.0154. The van der Waals surface area contributed by atoms with Gasteiger partial charge in [-0.3, -0.25) is 4.90 Å². The maximum absolute atomic E-state index is 14.7. The Hall–Kier alpha value is -2.54. The quantitative estimate of drug-likeness (QED) is 0.627. The molecule has 9 nitrogen and oxygen atoms in total. The van der Waals surface area contributed by atoms with Crippen molar-refractivity contribution in [3.05, 3.63) is 35.4 Å². The number of ether oxygens (including phenoxy) is 1. The first-order valence-electron chi connectivity index (χ1n) is 8.94. The van der Waals surface area contributed by atoms with Crippen LogP contribution >= 0.6 is 11.8 Å². The summed E-state index contributed by atoms with van der Waals surface area (Å²) in [4.78, 5) is 14.7. The lowest BCUT2D eigenvalue weighted by Crippen LogP contribution is -2.27. The Kier molecular flexibility index (Phi) is 5.49. The number of cyclic esters (lactones) is 1. The topological polar surface area (TPSA) is 107 Å². The summed E-state index contributed by atoms with van der Waals surface area (Å²) in [5.41, 5.74) is 0.0471. The van der Waals surface area contributed by atoms with Gasteiger partial charge in [-0.2, -0.15) is 4.80 Å². The molecule has 0 N–H and O–H groups in total. The van der Waals surface area contributed by atoms with Crippen LogP contribution in [0.3, 0.4) is 0 Å². The first-order chi connectivity index (χ1) is 14.3. The number of anilines is 1. The van der Waals surface area contributed by atoms with Crippen LogP contribution < -0.4 is 4.90 Å². The summed E-state index contributed by atoms with van der Waals surface area (Å²) in [5, 5.41) is 12.2. The minimum atomic E-state index is -3.22. The van der Waals surface area contributed by atoms with E-state index >= 15 is 0 Å². The van der Waals surface area contributed by atoms with Crippen molar-refractivity contribution in [3.8, 4) is 0 Å². The van der Waals surface area contributed by atoms with Crippen molar-refractivity contribution in [3.63, 3.8) is 0 Å². The molecule has 1 amide bonds. The lowest BCUT2D eigenvalue weighted by molar-refractivity contribution is 0.126. The van der Waals surface area contributed by atoms with E-state index in [0.29, 0.717) is 10.7 Å². The van der Waals surface area contributed by atoms with E-state index in [-0.39, 0.29) is 42.3 Å². The Bertz CT molecular complexity index is 1110. The molecule has 1 atom stereocenters. The van der Waals surface area contributed by atoms with Crippen LogP contribution in [0.2, 0.25) is 0 Å². The molecule has 4 rings (SSSR count). The molecule has 1 aromatic heterocycles. The van der Waals surface area contributed by atoms with Crippen molar-refractivity contribution in [1.29, 1.82) is 0 Å². The number of carbonyl (C=O) groups excluding carboxylic acids is 1. The monoisotopic (exact) mass is 457 g/mol. The number of nitrogens with zero attached hydrogens (tertiary/aromatic N) is 5. The smallest absolute Gasteiger partial charge is 0.414 e. The van der Waals surface area contributed by atoms with Gasteiger partial charge in [0.25, 0.3) is 0 Å². The van der Waals surface area contributed by atoms with Crippen molar-refractivity contribution < 1.29 is 26.7 Å². The van der Waals surface area contributed by atoms with Gasteiger partial charge in [0.2, 0.25) is 5.16 Å². The average molecular weight is 457 g/mol. The van der Waals surface area contributed by atoms with E-state index in [1.165, 1.54) is 22.6 Å². The molecule has 2 aromatic rings. The standard InChI is InChI=1S/C17H17F2N5O4S2/c1-29-16-20-22-24(21-16)9-12-8-23(17(25)28-12)11-6-13(18)15(14(19)7-11)10-2-4-30(26,27)5-3-10/h2,6-7,12H,3-5,8-9H2,1H3/t12-/m1/s1. The van der Waals surface area contributed by atoms with Crippen molar-refractivity contribution in [2.75, 3.05) is 29.2 Å². The second kappa shape index (κ2) is 7.95. The number of thioether (sulfide) groups is 1. The van der Waals surface area contributed by atoms with Gasteiger partial charge in [0.05, 0.1) is 23.7 Å². The third-order valence-corrected chi connectivity index (χ3v) is 6.81. The van der Waals surface area contributed by atoms with Crippen LogP contribution in [0.4, 0.5) is 19.3 Å². The van der Waals surface area contributed by atoms with E-state index in [9.17, 15) is 22.0 Å². The fourth-order valence-electron chi connectivity index (χ4n) is 3.33. The number of sulfone groups is 1. The van der Waals surface area contributed by atoms with Crippen LogP contribution in [0.15, 0.2) is 23.4 Å². The van der Waals surface area contributed by atoms with Gasteiger partial charge < -0.3 is 4.74 Å². The summed E-state index contributed by atoms with van der Waals surface area (Å²) in [6, 6.07) is 2.09. The molecule has 30 heavy (non-hydrogen) atoms. The van der Waals surface area contributed by atoms with Crippen LogP contribution in [0.25, 0.3) is 5.57 Å². The minimum Gasteiger partial charge on any atom is -0.442 e. The van der Waals surface area contributed by atoms with E-state index in [2.05, 4.69) is 15.4 Å². The number of carbonyl (C=O) groups is 1. The van der Waals surface area contributed by atoms with Crippen molar-refractivity contribution in [2.24, 2.45) is 0 Å². The molecular formula is C17H17F2N5O4S2. The molecule has 1 saturated heterocycles. The highest BCUT2D eigenvalue weighted by Gasteiger charge is 2.34. The number of halogens is 2. The Morgan fingerprint density at radius 1 is 1.30 bits per heavy atom. The zero-order chi connectivity index (χ0) is 21.5. The largest absolute Gasteiger partial charge is 0.442 e. The zero-order valence-corrected chi connectivity index (χ0v) is 17.4. The van der Waals surface area contributed by atoms with Gasteiger partial charge in [-0.15, -0.1) is 10.2 Å². The SMILES string of the molecule is CSc1nnn(C[C@H]2CN(c3cc(F)c(C4=CCS(=O)(=O)CC4)c(F)c3)C(=O)O2)n1. The van der Waals surface area contributed by atoms with Gasteiger partial charge in [-0.25, -0.2) is 22.0 Å². The Balaban J connectivity index is 1.53. The highest BCUT2D eigenvalue weighted by molar-refractivity contribution is 7.98. The highest BCUT2D eigenvalue weighted by atomic mass is 32.2. The van der Waals surface area contributed by atoms with Crippen molar-refractivity contribution in [1.82, 2.24) is 20.2 Å². The van der Waals surface area contributed by atoms with Crippen LogP contribution in [0.5, 0.6) is 0 Å². The van der Waals surface area contributed by atoms with E-state index in [4.69, 9.17) is 4.74 Å². The van der Waals surface area contributed by atoms with Crippen LogP contribution in [-0.2, 0) is 21.1 Å². The molecular weight excluding hydrogens is 440 g/mol. The maximum Gasteiger partial charge on any atom is 0.414 e. The van der Waals surface area contributed by atoms with Gasteiger partial charge in [0.15, 0.2) is 9.84 Å². The van der Waals surface area contributed by atoms with Gasteiger partial charge in [0, 0.05) is 5.56 Å². The van der Waals surface area contributed by atoms with Gasteiger partial charge in [-0.1, -0.05) is 17.8 Å². The predicted octanol–water partition coefficient (Wildman–Crippen LogP) is 1.90. The molecule has 0 aliphatic carbocycles. The fourth-order valence-corrected chi connectivity index (χ4v) is 4.77. The summed E-state index contributed by atoms with van der Waals surface area (Å²) < 4.78 is 57.7.